The van der Waals surface area contributed by atoms with Gasteiger partial charge >= 0.3 is 0 Å². The minimum atomic E-state index is -3.94. The molecule has 0 unspecified atom stereocenters. The van der Waals surface area contributed by atoms with Gasteiger partial charge < -0.3 is 10.1 Å². The molecule has 0 saturated heterocycles. The molecule has 1 saturated carbocycles. The van der Waals surface area contributed by atoms with Gasteiger partial charge in [-0.15, -0.1) is 0 Å². The van der Waals surface area contributed by atoms with Gasteiger partial charge in [-0.3, -0.25) is 4.72 Å². The predicted octanol–water partition coefficient (Wildman–Crippen LogP) is 5.80. The van der Waals surface area contributed by atoms with Gasteiger partial charge in [-0.2, -0.15) is 0 Å². The zero-order valence-electron chi connectivity index (χ0n) is 20.9. The molecule has 2 heterocycles. The molecule has 0 radical (unpaired) electrons. The second-order valence-corrected chi connectivity index (χ2v) is 12.3. The fourth-order valence-electron chi connectivity index (χ4n) is 4.64. The van der Waals surface area contributed by atoms with Crippen LogP contribution in [0.2, 0.25) is 0 Å². The number of thiazole rings is 1. The van der Waals surface area contributed by atoms with Gasteiger partial charge in [0.25, 0.3) is 10.0 Å². The monoisotopic (exact) mass is 515 g/mol. The third-order valence-electron chi connectivity index (χ3n) is 6.72. The number of hydrogen-bond acceptors (Lipinski definition) is 8. The molecule has 0 aliphatic heterocycles. The first-order valence-corrected chi connectivity index (χ1v) is 14.1. The molecule has 8 nitrogen and oxygen atoms in total. The van der Waals surface area contributed by atoms with E-state index in [4.69, 9.17) is 9.72 Å². The maximum absolute atomic E-state index is 13.3. The predicted molar refractivity (Wildman–Crippen MR) is 141 cm³/mol. The number of aryl methyl sites for hydroxylation is 2. The van der Waals surface area contributed by atoms with E-state index in [0.717, 1.165) is 21.3 Å². The second-order valence-electron chi connectivity index (χ2n) is 9.61. The van der Waals surface area contributed by atoms with Crippen molar-refractivity contribution < 1.29 is 13.2 Å². The Morgan fingerprint density at radius 1 is 1.11 bits per heavy atom. The summed E-state index contributed by atoms with van der Waals surface area (Å²) in [5.41, 5.74) is 2.42. The van der Waals surface area contributed by atoms with Gasteiger partial charge in [-0.25, -0.2) is 23.4 Å². The summed E-state index contributed by atoms with van der Waals surface area (Å²) >= 11 is 1.54. The van der Waals surface area contributed by atoms with Crippen molar-refractivity contribution in [3.8, 4) is 16.2 Å². The molecule has 2 aromatic heterocycles. The van der Waals surface area contributed by atoms with E-state index in [0.29, 0.717) is 17.3 Å². The molecule has 1 aliphatic carbocycles. The van der Waals surface area contributed by atoms with E-state index >= 15 is 0 Å². The molecule has 35 heavy (non-hydrogen) atoms. The van der Waals surface area contributed by atoms with Gasteiger partial charge in [0.15, 0.2) is 5.13 Å². The van der Waals surface area contributed by atoms with Crippen molar-refractivity contribution in [1.82, 2.24) is 15.0 Å². The van der Waals surface area contributed by atoms with Crippen LogP contribution in [0.1, 0.15) is 57.3 Å². The van der Waals surface area contributed by atoms with Gasteiger partial charge in [-0.05, 0) is 70.2 Å². The van der Waals surface area contributed by atoms with Crippen molar-refractivity contribution in [1.29, 1.82) is 0 Å². The first-order chi connectivity index (χ1) is 16.6. The highest BCUT2D eigenvalue weighted by Gasteiger charge is 2.31. The van der Waals surface area contributed by atoms with E-state index in [-0.39, 0.29) is 16.2 Å². The summed E-state index contributed by atoms with van der Waals surface area (Å²) in [5.74, 6) is 0.868. The maximum Gasteiger partial charge on any atom is 0.265 e. The topological polar surface area (TPSA) is 106 Å². The number of nitrogens with zero attached hydrogens (tertiary/aromatic N) is 3. The summed E-state index contributed by atoms with van der Waals surface area (Å²) in [6.07, 6.45) is 9.16. The van der Waals surface area contributed by atoms with Crippen LogP contribution < -0.4 is 14.8 Å². The number of nitrogens with one attached hydrogen (secondary N) is 2. The van der Waals surface area contributed by atoms with Crippen LogP contribution in [0.5, 0.6) is 5.75 Å². The van der Waals surface area contributed by atoms with E-state index in [2.05, 4.69) is 33.9 Å². The molecule has 3 aromatic rings. The van der Waals surface area contributed by atoms with Crippen molar-refractivity contribution in [2.45, 2.75) is 70.2 Å². The van der Waals surface area contributed by atoms with Crippen LogP contribution in [-0.2, 0) is 10.0 Å². The number of ether oxygens (including phenoxy) is 1. The number of rotatable bonds is 8. The first-order valence-electron chi connectivity index (χ1n) is 11.8. The van der Waals surface area contributed by atoms with E-state index in [1.54, 1.807) is 30.4 Å². The molecular weight excluding hydrogens is 482 g/mol. The quantitative estimate of drug-likeness (QED) is 0.391. The fourth-order valence-corrected chi connectivity index (χ4v) is 7.06. The molecule has 4 rings (SSSR count). The number of aromatic nitrogens is 3. The molecule has 0 atom stereocenters. The number of sulfonamides is 1. The molecule has 188 valence electrons. The number of hydrogen-bond donors (Lipinski definition) is 2. The van der Waals surface area contributed by atoms with Gasteiger partial charge in [0.1, 0.15) is 17.0 Å². The Bertz CT molecular complexity index is 1300. The van der Waals surface area contributed by atoms with Crippen molar-refractivity contribution in [2.24, 2.45) is 5.92 Å². The maximum atomic E-state index is 13.3. The molecule has 0 spiro atoms. The lowest BCUT2D eigenvalue weighted by Crippen LogP contribution is -2.40. The Labute approximate surface area is 211 Å². The van der Waals surface area contributed by atoms with Crippen molar-refractivity contribution >= 4 is 32.2 Å². The summed E-state index contributed by atoms with van der Waals surface area (Å²) < 4.78 is 34.6. The number of methoxy groups -OCH3 is 1. The molecule has 1 aliphatic rings. The standard InChI is InChI=1S/C25H33N5O3S2/c1-16-20(14-26-15-27-16)30-35(31,32)22-13-18(11-12-21(22)33-5)23-17(2)28-24(34-23)29-25(3,4)19-9-7-6-8-10-19/h11-15,19,30H,6-10H2,1-5H3,(H,28,29). The molecule has 10 heteroatoms. The Balaban J connectivity index is 1.64. The number of benzene rings is 1. The Morgan fingerprint density at radius 3 is 2.54 bits per heavy atom. The molecule has 2 N–H and O–H groups in total. The molecular formula is C25H33N5O3S2. The van der Waals surface area contributed by atoms with E-state index in [1.807, 2.05) is 13.0 Å². The molecule has 1 fully saturated rings. The normalized spacial score (nSPS) is 15.1. The molecule has 1 aromatic carbocycles. The summed E-state index contributed by atoms with van der Waals surface area (Å²) in [4.78, 5) is 13.7. The van der Waals surface area contributed by atoms with Crippen LogP contribution in [0.25, 0.3) is 10.4 Å². The van der Waals surface area contributed by atoms with Gasteiger partial charge in [0.2, 0.25) is 0 Å². The second kappa shape index (κ2) is 10.1. The highest BCUT2D eigenvalue weighted by molar-refractivity contribution is 7.92. The van der Waals surface area contributed by atoms with Crippen LogP contribution in [0.15, 0.2) is 35.6 Å². The third kappa shape index (κ3) is 5.59. The largest absolute Gasteiger partial charge is 0.495 e. The van der Waals surface area contributed by atoms with Gasteiger partial charge in [-0.1, -0.05) is 30.6 Å². The van der Waals surface area contributed by atoms with Crippen LogP contribution in [-0.4, -0.2) is 36.0 Å². The van der Waals surface area contributed by atoms with Crippen LogP contribution >= 0.6 is 11.3 Å². The van der Waals surface area contributed by atoms with Gasteiger partial charge in [0.05, 0.1) is 35.3 Å². The SMILES string of the molecule is COc1ccc(-c2sc(NC(C)(C)C3CCCCC3)nc2C)cc1S(=O)(=O)Nc1cncnc1C. The summed E-state index contributed by atoms with van der Waals surface area (Å²) in [7, 11) is -2.49. The lowest BCUT2D eigenvalue weighted by molar-refractivity contribution is 0.258. The fraction of sp³-hybridized carbons (Fsp3) is 0.480. The lowest BCUT2D eigenvalue weighted by Gasteiger charge is -2.37. The highest BCUT2D eigenvalue weighted by atomic mass is 32.2. The Kier molecular flexibility index (Phi) is 7.32. The number of anilines is 2. The van der Waals surface area contributed by atoms with Crippen LogP contribution in [0.3, 0.4) is 0 Å². The van der Waals surface area contributed by atoms with Gasteiger partial charge in [0, 0.05) is 5.54 Å². The zero-order chi connectivity index (χ0) is 25.2. The first kappa shape index (κ1) is 25.4. The average Bonchev–Trinajstić information content (AvgIpc) is 3.19. The minimum Gasteiger partial charge on any atom is -0.495 e. The van der Waals surface area contributed by atoms with Crippen molar-refractivity contribution in [3.63, 3.8) is 0 Å². The third-order valence-corrected chi connectivity index (χ3v) is 9.23. The zero-order valence-corrected chi connectivity index (χ0v) is 22.5. The Morgan fingerprint density at radius 2 is 1.86 bits per heavy atom. The summed E-state index contributed by atoms with van der Waals surface area (Å²) in [6.45, 7) is 8.17. The van der Waals surface area contributed by atoms with E-state index in [9.17, 15) is 8.42 Å². The summed E-state index contributed by atoms with van der Waals surface area (Å²) in [6, 6.07) is 5.18. The summed E-state index contributed by atoms with van der Waals surface area (Å²) in [5, 5.41) is 4.51. The van der Waals surface area contributed by atoms with Crippen LogP contribution in [0.4, 0.5) is 10.8 Å². The Hall–Kier alpha value is -2.72. The minimum absolute atomic E-state index is 0.0468. The lowest BCUT2D eigenvalue weighted by atomic mass is 9.77. The van der Waals surface area contributed by atoms with E-state index < -0.39 is 10.0 Å². The average molecular weight is 516 g/mol. The molecule has 0 bridgehead atoms. The van der Waals surface area contributed by atoms with Crippen LogP contribution in [0, 0.1) is 19.8 Å². The van der Waals surface area contributed by atoms with Crippen molar-refractivity contribution in [2.75, 3.05) is 17.1 Å². The van der Waals surface area contributed by atoms with E-state index in [1.165, 1.54) is 51.7 Å². The highest BCUT2D eigenvalue weighted by Crippen LogP contribution is 2.40. The smallest absolute Gasteiger partial charge is 0.265 e. The molecule has 0 amide bonds. The van der Waals surface area contributed by atoms with Crippen molar-refractivity contribution in [3.05, 3.63) is 42.1 Å².